The van der Waals surface area contributed by atoms with Crippen molar-refractivity contribution in [2.45, 2.75) is 45.4 Å². The molecule has 2 aromatic heterocycles. The van der Waals surface area contributed by atoms with Gasteiger partial charge in [-0.05, 0) is 33.3 Å². The third-order valence-electron chi connectivity index (χ3n) is 4.05. The number of aromatic nitrogens is 4. The molecule has 0 spiro atoms. The Morgan fingerprint density at radius 2 is 1.79 bits per heavy atom. The van der Waals surface area contributed by atoms with Crippen molar-refractivity contribution in [1.82, 2.24) is 20.0 Å². The van der Waals surface area contributed by atoms with Crippen molar-refractivity contribution in [3.05, 3.63) is 42.4 Å². The Morgan fingerprint density at radius 3 is 2.33 bits per heavy atom. The average molecular weight is 326 g/mol. The predicted octanol–water partition coefficient (Wildman–Crippen LogP) is 1.13. The highest BCUT2D eigenvalue weighted by molar-refractivity contribution is 6.31. The number of nitrogens with one attached hydrogen (secondary N) is 1. The van der Waals surface area contributed by atoms with Crippen LogP contribution in [0.15, 0.2) is 36.8 Å². The van der Waals surface area contributed by atoms with Gasteiger partial charge in [-0.3, -0.25) is 9.78 Å². The number of aromatic amines is 1. The molecule has 0 fully saturated rings. The minimum Gasteiger partial charge on any atom is -0.387 e. The van der Waals surface area contributed by atoms with E-state index in [1.165, 1.54) is 0 Å². The highest BCUT2D eigenvalue weighted by atomic mass is 16.3. The number of nitrogens with zero attached hydrogens (tertiary/aromatic N) is 3. The quantitative estimate of drug-likeness (QED) is 0.630. The van der Waals surface area contributed by atoms with E-state index in [9.17, 15) is 0 Å². The van der Waals surface area contributed by atoms with Crippen molar-refractivity contribution in [2.75, 3.05) is 0 Å². The van der Waals surface area contributed by atoms with Gasteiger partial charge in [-0.1, -0.05) is 23.7 Å². The highest BCUT2D eigenvalue weighted by Crippen LogP contribution is 2.19. The molecule has 0 aliphatic heterocycles. The summed E-state index contributed by atoms with van der Waals surface area (Å²) < 4.78 is 1.81. The molecule has 1 aromatic carbocycles. The maximum absolute atomic E-state index is 9.10. The zero-order valence-electron chi connectivity index (χ0n) is 14.5. The van der Waals surface area contributed by atoms with E-state index in [4.69, 9.17) is 18.1 Å². The lowest BCUT2D eigenvalue weighted by molar-refractivity contribution is -0.107. The molecule has 0 aliphatic rings. The monoisotopic (exact) mass is 326 g/mol. The molecule has 3 N–H and O–H groups in total. The van der Waals surface area contributed by atoms with Gasteiger partial charge in [-0.2, -0.15) is 10.2 Å². The van der Waals surface area contributed by atoms with Crippen molar-refractivity contribution < 1.29 is 10.2 Å². The van der Waals surface area contributed by atoms with Gasteiger partial charge in [0, 0.05) is 17.8 Å². The zero-order valence-corrected chi connectivity index (χ0v) is 14.5. The fourth-order valence-corrected chi connectivity index (χ4v) is 1.80. The van der Waals surface area contributed by atoms with E-state index in [-0.39, 0.29) is 0 Å². The summed E-state index contributed by atoms with van der Waals surface area (Å²) in [5.41, 5.74) is 0.867. The Bertz CT molecular complexity index is 785. The van der Waals surface area contributed by atoms with Crippen LogP contribution in [0.3, 0.4) is 0 Å². The zero-order chi connectivity index (χ0) is 18.0. The Labute approximate surface area is 142 Å². The number of aliphatic hydroxyl groups is 2. The van der Waals surface area contributed by atoms with Crippen LogP contribution in [0.2, 0.25) is 0 Å². The molecule has 126 valence electrons. The molecule has 3 rings (SSSR count). The number of hydrogen-bond acceptors (Lipinski definition) is 4. The van der Waals surface area contributed by atoms with Gasteiger partial charge in [0.05, 0.1) is 29.5 Å². The molecule has 0 saturated heterocycles. The van der Waals surface area contributed by atoms with Gasteiger partial charge in [-0.25, -0.2) is 0 Å². The number of rotatable bonds is 3. The summed E-state index contributed by atoms with van der Waals surface area (Å²) in [6, 6.07) is 6.10. The van der Waals surface area contributed by atoms with E-state index in [2.05, 4.69) is 21.4 Å². The van der Waals surface area contributed by atoms with Gasteiger partial charge in [0.15, 0.2) is 0 Å². The van der Waals surface area contributed by atoms with E-state index in [1.54, 1.807) is 33.9 Å². The van der Waals surface area contributed by atoms with Crippen molar-refractivity contribution in [3.8, 4) is 0 Å². The molecule has 0 bridgehead atoms. The molecule has 3 aromatic rings. The van der Waals surface area contributed by atoms with Crippen LogP contribution in [0.5, 0.6) is 0 Å². The largest absolute Gasteiger partial charge is 0.387 e. The van der Waals surface area contributed by atoms with Gasteiger partial charge in [0.25, 0.3) is 0 Å². The Hall–Kier alpha value is -2.12. The summed E-state index contributed by atoms with van der Waals surface area (Å²) in [4.78, 5) is 0. The molecule has 6 nitrogen and oxygen atoms in total. The van der Waals surface area contributed by atoms with E-state index < -0.39 is 11.2 Å². The van der Waals surface area contributed by atoms with Gasteiger partial charge < -0.3 is 10.2 Å². The van der Waals surface area contributed by atoms with E-state index in [0.29, 0.717) is 12.0 Å². The van der Waals surface area contributed by atoms with Crippen LogP contribution in [0.4, 0.5) is 0 Å². The summed E-state index contributed by atoms with van der Waals surface area (Å²) in [5, 5.41) is 30.5. The molecule has 0 aliphatic carbocycles. The first-order valence-corrected chi connectivity index (χ1v) is 7.71. The van der Waals surface area contributed by atoms with Crippen molar-refractivity contribution in [2.24, 2.45) is 0 Å². The molecule has 0 saturated carbocycles. The summed E-state index contributed by atoms with van der Waals surface area (Å²) in [5.74, 6) is 0. The summed E-state index contributed by atoms with van der Waals surface area (Å²) in [6.07, 6.45) is 5.28. The second-order valence-corrected chi connectivity index (χ2v) is 6.84. The lowest BCUT2D eigenvalue weighted by atomic mass is 9.90. The number of hydrogen-bond donors (Lipinski definition) is 3. The first-order valence-electron chi connectivity index (χ1n) is 7.71. The first-order chi connectivity index (χ1) is 11.1. The van der Waals surface area contributed by atoms with Crippen LogP contribution in [0.1, 0.15) is 33.3 Å². The van der Waals surface area contributed by atoms with Crippen molar-refractivity contribution in [1.29, 1.82) is 0 Å². The van der Waals surface area contributed by atoms with Gasteiger partial charge in [-0.15, -0.1) is 0 Å². The Balaban J connectivity index is 0.000000224. The van der Waals surface area contributed by atoms with Crippen LogP contribution in [-0.2, 0) is 6.54 Å². The van der Waals surface area contributed by atoms with Crippen LogP contribution in [0, 0.1) is 0 Å². The van der Waals surface area contributed by atoms with Gasteiger partial charge in [0.1, 0.15) is 7.85 Å². The van der Waals surface area contributed by atoms with Gasteiger partial charge in [0.2, 0.25) is 0 Å². The fourth-order valence-electron chi connectivity index (χ4n) is 1.80. The maximum Gasteiger partial charge on any atom is 0.118 e. The van der Waals surface area contributed by atoms with Crippen LogP contribution in [0.25, 0.3) is 10.9 Å². The van der Waals surface area contributed by atoms with E-state index in [1.807, 2.05) is 29.2 Å². The molecule has 0 atom stereocenters. The topological polar surface area (TPSA) is 87.0 Å². The van der Waals surface area contributed by atoms with Crippen LogP contribution >= 0.6 is 0 Å². The summed E-state index contributed by atoms with van der Waals surface area (Å²) >= 11 is 0. The molecule has 24 heavy (non-hydrogen) atoms. The SMILES string of the molecule is CC(C)(O)C(C)(C)O.[B]c1cnn(Cc2cccc3cn[nH]c23)c1. The molecule has 2 radical (unpaired) electrons. The minimum atomic E-state index is -1.01. The number of para-hydroxylation sites is 1. The smallest absolute Gasteiger partial charge is 0.118 e. The second kappa shape index (κ2) is 6.79. The maximum atomic E-state index is 9.10. The number of H-pyrrole nitrogens is 1. The molecule has 2 heterocycles. The normalized spacial score (nSPS) is 12.1. The van der Waals surface area contributed by atoms with E-state index in [0.717, 1.165) is 16.5 Å². The first kappa shape index (κ1) is 18.2. The van der Waals surface area contributed by atoms with Crippen molar-refractivity contribution >= 4 is 24.2 Å². The van der Waals surface area contributed by atoms with Crippen LogP contribution in [-0.4, -0.2) is 49.2 Å². The van der Waals surface area contributed by atoms with Crippen LogP contribution < -0.4 is 5.46 Å². The molecule has 7 heteroatoms. The molecule has 0 unspecified atom stereocenters. The Morgan fingerprint density at radius 1 is 1.12 bits per heavy atom. The highest BCUT2D eigenvalue weighted by Gasteiger charge is 2.31. The van der Waals surface area contributed by atoms with Gasteiger partial charge >= 0.3 is 0 Å². The minimum absolute atomic E-state index is 0.678. The lowest BCUT2D eigenvalue weighted by Crippen LogP contribution is -2.44. The van der Waals surface area contributed by atoms with Crippen molar-refractivity contribution in [3.63, 3.8) is 0 Å². The lowest BCUT2D eigenvalue weighted by Gasteiger charge is -2.31. The summed E-state index contributed by atoms with van der Waals surface area (Å²) in [7, 11) is 5.62. The molecular formula is C17H23BN4O2. The average Bonchev–Trinajstić information content (AvgIpc) is 3.07. The fraction of sp³-hybridized carbons (Fsp3) is 0.412. The number of benzene rings is 1. The Kier molecular flexibility index (Phi) is 5.15. The standard InChI is InChI=1S/C11H9BN4.C6H14O2/c12-10-5-14-16(7-10)6-9-3-1-2-8-4-13-15-11(8)9;1-5(2,7)6(3,4)8/h1-5,7H,6H2,(H,13,15);7-8H,1-4H3. The predicted molar refractivity (Wildman–Crippen MR) is 95.4 cm³/mol. The van der Waals surface area contributed by atoms with E-state index >= 15 is 0 Å². The second-order valence-electron chi connectivity index (χ2n) is 6.84. The third kappa shape index (κ3) is 4.46. The third-order valence-corrected chi connectivity index (χ3v) is 4.05. The molecule has 0 amide bonds. The number of fused-ring (bicyclic) bond motifs is 1. The summed E-state index contributed by atoms with van der Waals surface area (Å²) in [6.45, 7) is 7.00. The molecular weight excluding hydrogens is 303 g/mol.